The number of hydrogen-bond acceptors (Lipinski definition) is 4. The van der Waals surface area contributed by atoms with Crippen LogP contribution >= 0.6 is 0 Å². The first kappa shape index (κ1) is 19.0. The molecule has 3 rings (SSSR count). The summed E-state index contributed by atoms with van der Waals surface area (Å²) in [6.07, 6.45) is -4.86. The second kappa shape index (κ2) is 6.72. The van der Waals surface area contributed by atoms with Crippen molar-refractivity contribution in [3.05, 3.63) is 60.2 Å². The molecule has 0 atom stereocenters. The lowest BCUT2D eigenvalue weighted by molar-refractivity contribution is -0.144. The Morgan fingerprint density at radius 3 is 2.30 bits per heavy atom. The van der Waals surface area contributed by atoms with E-state index in [1.807, 2.05) is 0 Å². The summed E-state index contributed by atoms with van der Waals surface area (Å²) in [4.78, 5) is 3.03. The molecule has 11 heteroatoms. The van der Waals surface area contributed by atoms with E-state index in [0.29, 0.717) is 0 Å². The van der Waals surface area contributed by atoms with E-state index in [1.54, 1.807) is 0 Å². The molecule has 0 N–H and O–H groups in total. The fraction of sp³-hybridized carbons (Fsp3) is 0.125. The smallest absolute Gasteiger partial charge is 0.233 e. The van der Waals surface area contributed by atoms with Crippen molar-refractivity contribution in [1.29, 1.82) is 0 Å². The Bertz CT molecular complexity index is 1080. The molecule has 1 aromatic heterocycles. The molecular formula is C16H10F5N3O2S. The zero-order valence-corrected chi connectivity index (χ0v) is 14.1. The van der Waals surface area contributed by atoms with Crippen LogP contribution in [0, 0.1) is 5.82 Å². The van der Waals surface area contributed by atoms with Crippen LogP contribution in [0.1, 0.15) is 5.82 Å². The summed E-state index contributed by atoms with van der Waals surface area (Å²) >= 11 is 0. The molecule has 0 unspecified atom stereocenters. The summed E-state index contributed by atoms with van der Waals surface area (Å²) in [7, 11) is -4.23. The number of hydrogen-bond donors (Lipinski definition) is 0. The van der Waals surface area contributed by atoms with Gasteiger partial charge in [-0.15, -0.1) is 5.10 Å². The summed E-state index contributed by atoms with van der Waals surface area (Å²) in [6, 6.07) is 7.44. The molecule has 0 saturated heterocycles. The largest absolute Gasteiger partial charge is 0.453 e. The van der Waals surface area contributed by atoms with Gasteiger partial charge in [0.05, 0.1) is 10.6 Å². The minimum absolute atomic E-state index is 0.0770. The molecule has 1 heterocycles. The predicted octanol–water partition coefficient (Wildman–Crippen LogP) is 3.79. The molecule has 0 amide bonds. The van der Waals surface area contributed by atoms with Gasteiger partial charge in [0.15, 0.2) is 11.8 Å². The van der Waals surface area contributed by atoms with E-state index < -0.39 is 38.6 Å². The summed E-state index contributed by atoms with van der Waals surface area (Å²) < 4.78 is 89.2. The highest BCUT2D eigenvalue weighted by molar-refractivity contribution is 7.91. The van der Waals surface area contributed by atoms with Crippen LogP contribution in [0.25, 0.3) is 17.1 Å². The van der Waals surface area contributed by atoms with Gasteiger partial charge in [0.25, 0.3) is 5.82 Å². The van der Waals surface area contributed by atoms with Gasteiger partial charge in [-0.1, -0.05) is 6.07 Å². The van der Waals surface area contributed by atoms with Gasteiger partial charge < -0.3 is 0 Å². The van der Waals surface area contributed by atoms with E-state index in [4.69, 9.17) is 0 Å². The summed E-state index contributed by atoms with van der Waals surface area (Å²) in [5.41, 5.74) is 0.0463. The maximum atomic E-state index is 13.1. The highest BCUT2D eigenvalue weighted by Crippen LogP contribution is 2.31. The van der Waals surface area contributed by atoms with E-state index >= 15 is 0 Å². The molecule has 0 saturated carbocycles. The second-order valence-electron chi connectivity index (χ2n) is 5.40. The van der Waals surface area contributed by atoms with Gasteiger partial charge in [-0.25, -0.2) is 26.9 Å². The highest BCUT2D eigenvalue weighted by Gasteiger charge is 2.37. The number of rotatable bonds is 4. The van der Waals surface area contributed by atoms with E-state index in [-0.39, 0.29) is 17.1 Å². The van der Waals surface area contributed by atoms with Crippen molar-refractivity contribution < 1.29 is 30.4 Å². The van der Waals surface area contributed by atoms with Gasteiger partial charge in [0.1, 0.15) is 5.82 Å². The van der Waals surface area contributed by atoms with Gasteiger partial charge in [-0.3, -0.25) is 0 Å². The molecular weight excluding hydrogens is 393 g/mol. The third kappa shape index (κ3) is 3.82. The van der Waals surface area contributed by atoms with Gasteiger partial charge in [0, 0.05) is 5.56 Å². The fourth-order valence-corrected chi connectivity index (χ4v) is 2.98. The maximum absolute atomic E-state index is 13.1. The Morgan fingerprint density at radius 1 is 1.04 bits per heavy atom. The summed E-state index contributed by atoms with van der Waals surface area (Å²) in [5.74, 6) is -2.34. The zero-order valence-electron chi connectivity index (χ0n) is 13.3. The Labute approximate surface area is 150 Å². The zero-order chi connectivity index (χ0) is 19.8. The second-order valence-corrected chi connectivity index (χ2v) is 7.32. The molecule has 5 nitrogen and oxygen atoms in total. The van der Waals surface area contributed by atoms with Crippen molar-refractivity contribution in [3.63, 3.8) is 0 Å². The molecule has 0 bridgehead atoms. The van der Waals surface area contributed by atoms with Gasteiger partial charge in [0.2, 0.25) is 9.84 Å². The minimum Gasteiger partial charge on any atom is -0.233 e. The van der Waals surface area contributed by atoms with Crippen LogP contribution in [-0.4, -0.2) is 29.2 Å². The number of halogens is 5. The fourth-order valence-electron chi connectivity index (χ4n) is 2.27. The molecule has 27 heavy (non-hydrogen) atoms. The predicted molar refractivity (Wildman–Crippen MR) is 84.9 cm³/mol. The average Bonchev–Trinajstić information content (AvgIpc) is 3.08. The van der Waals surface area contributed by atoms with Crippen LogP contribution in [0.5, 0.6) is 0 Å². The molecule has 142 valence electrons. The average molecular weight is 403 g/mol. The first-order valence-corrected chi connectivity index (χ1v) is 8.96. The van der Waals surface area contributed by atoms with Crippen molar-refractivity contribution in [1.82, 2.24) is 14.8 Å². The maximum Gasteiger partial charge on any atom is 0.453 e. The van der Waals surface area contributed by atoms with Gasteiger partial charge in [-0.2, -0.15) is 13.2 Å². The van der Waals surface area contributed by atoms with E-state index in [0.717, 1.165) is 28.9 Å². The third-order valence-electron chi connectivity index (χ3n) is 3.53. The van der Waals surface area contributed by atoms with Crippen molar-refractivity contribution in [2.45, 2.75) is 11.1 Å². The van der Waals surface area contributed by atoms with Gasteiger partial charge in [-0.05, 0) is 42.5 Å². The van der Waals surface area contributed by atoms with Crippen LogP contribution in [0.2, 0.25) is 0 Å². The Balaban J connectivity index is 2.22. The Hall–Kier alpha value is -2.82. The van der Waals surface area contributed by atoms with E-state index in [1.165, 1.54) is 24.3 Å². The lowest BCUT2D eigenvalue weighted by Crippen LogP contribution is -2.09. The van der Waals surface area contributed by atoms with E-state index in [2.05, 4.69) is 10.1 Å². The van der Waals surface area contributed by atoms with Crippen LogP contribution in [0.15, 0.2) is 53.4 Å². The van der Waals surface area contributed by atoms with Crippen molar-refractivity contribution in [3.8, 4) is 17.1 Å². The van der Waals surface area contributed by atoms with Gasteiger partial charge >= 0.3 is 6.18 Å². The topological polar surface area (TPSA) is 64.8 Å². The molecule has 0 radical (unpaired) electrons. The van der Waals surface area contributed by atoms with E-state index in [9.17, 15) is 30.4 Å². The summed E-state index contributed by atoms with van der Waals surface area (Å²) in [5, 5.41) is 3.40. The molecule has 0 aliphatic heterocycles. The molecule has 0 aliphatic carbocycles. The molecule has 0 aliphatic rings. The Morgan fingerprint density at radius 2 is 1.70 bits per heavy atom. The lowest BCUT2D eigenvalue weighted by Gasteiger charge is -2.08. The number of alkyl halides is 4. The molecule has 0 fully saturated rings. The first-order chi connectivity index (χ1) is 12.6. The minimum atomic E-state index is -4.86. The highest BCUT2D eigenvalue weighted by atomic mass is 32.2. The SMILES string of the molecule is O=S(=O)(CF)c1cccc(-n2nc(C(F)(F)F)nc2-c2ccc(F)cc2)c1. The quantitative estimate of drug-likeness (QED) is 0.622. The number of benzene rings is 2. The third-order valence-corrected chi connectivity index (χ3v) is 4.79. The van der Waals surface area contributed by atoms with Crippen LogP contribution in [0.3, 0.4) is 0 Å². The number of nitrogens with zero attached hydrogens (tertiary/aromatic N) is 3. The normalized spacial score (nSPS) is 12.3. The Kier molecular flexibility index (Phi) is 4.72. The van der Waals surface area contributed by atoms with Crippen molar-refractivity contribution in [2.75, 3.05) is 6.01 Å². The molecule has 3 aromatic rings. The number of sulfone groups is 1. The lowest BCUT2D eigenvalue weighted by atomic mass is 10.2. The van der Waals surface area contributed by atoms with Crippen LogP contribution < -0.4 is 0 Å². The molecule has 0 spiro atoms. The number of aromatic nitrogens is 3. The van der Waals surface area contributed by atoms with Crippen LogP contribution in [0.4, 0.5) is 22.0 Å². The summed E-state index contributed by atoms with van der Waals surface area (Å²) in [6.45, 7) is 0. The monoisotopic (exact) mass is 403 g/mol. The standard InChI is InChI=1S/C16H10F5N3O2S/c17-9-27(25,26)13-3-1-2-12(8-13)24-14(10-4-6-11(18)7-5-10)22-15(23-24)16(19,20)21/h1-8H,9H2. The van der Waals surface area contributed by atoms with Crippen LogP contribution in [-0.2, 0) is 16.0 Å². The molecule has 2 aromatic carbocycles. The van der Waals surface area contributed by atoms with Crippen molar-refractivity contribution in [2.24, 2.45) is 0 Å². The first-order valence-electron chi connectivity index (χ1n) is 7.31. The van der Waals surface area contributed by atoms with Crippen molar-refractivity contribution >= 4 is 9.84 Å².